The van der Waals surface area contributed by atoms with E-state index in [0.29, 0.717) is 12.1 Å². The average molecular weight is 481 g/mol. The van der Waals surface area contributed by atoms with Crippen LogP contribution >= 0.6 is 23.1 Å². The van der Waals surface area contributed by atoms with Gasteiger partial charge in [0.1, 0.15) is 36.8 Å². The predicted octanol–water partition coefficient (Wildman–Crippen LogP) is -1.28. The minimum Gasteiger partial charge on any atom is -0.548 e. The Morgan fingerprint density at radius 3 is 2.75 bits per heavy atom. The zero-order chi connectivity index (χ0) is 23.0. The van der Waals surface area contributed by atoms with E-state index in [4.69, 9.17) is 10.6 Å². The number of carbonyl (C=O) groups excluding carboxylic acids is 3. The van der Waals surface area contributed by atoms with Crippen LogP contribution in [-0.4, -0.2) is 89.1 Å². The molecule has 0 aromatic carbocycles. The Labute approximate surface area is 192 Å². The summed E-state index contributed by atoms with van der Waals surface area (Å²) < 4.78 is 0.747. The average Bonchev–Trinajstić information content (AvgIpc) is 3.37. The first kappa shape index (κ1) is 22.6. The largest absolute Gasteiger partial charge is 0.548 e. The summed E-state index contributed by atoms with van der Waals surface area (Å²) in [6.45, 7) is 2.50. The van der Waals surface area contributed by atoms with Crippen molar-refractivity contribution in [1.29, 1.82) is 0 Å². The molecule has 3 N–H and O–H groups in total. The lowest BCUT2D eigenvalue weighted by atomic mass is 9.97. The zero-order valence-electron chi connectivity index (χ0n) is 17.6. The van der Waals surface area contributed by atoms with Gasteiger partial charge < -0.3 is 35.2 Å². The lowest BCUT2D eigenvalue weighted by molar-refractivity contribution is -0.893. The van der Waals surface area contributed by atoms with Crippen molar-refractivity contribution in [2.75, 3.05) is 39.5 Å². The highest BCUT2D eigenvalue weighted by atomic mass is 32.2. The molecule has 2 amide bonds. The maximum absolute atomic E-state index is 12.9. The maximum Gasteiger partial charge on any atom is 0.276 e. The molecule has 13 heteroatoms. The molecule has 32 heavy (non-hydrogen) atoms. The van der Waals surface area contributed by atoms with Crippen molar-refractivity contribution in [2.45, 2.75) is 30.3 Å². The van der Waals surface area contributed by atoms with Gasteiger partial charge in [0, 0.05) is 23.8 Å². The third-order valence-corrected chi connectivity index (χ3v) is 7.84. The number of anilines is 1. The number of nitrogens with zero attached hydrogens (tertiary/aromatic N) is 4. The Hall–Kier alpha value is -2.64. The number of rotatable bonds is 7. The summed E-state index contributed by atoms with van der Waals surface area (Å²) in [6.07, 6.45) is 2.20. The number of aliphatic carboxylic acids is 1. The van der Waals surface area contributed by atoms with E-state index in [1.54, 1.807) is 10.8 Å². The summed E-state index contributed by atoms with van der Waals surface area (Å²) >= 11 is 2.46. The van der Waals surface area contributed by atoms with Crippen molar-refractivity contribution in [3.63, 3.8) is 0 Å². The van der Waals surface area contributed by atoms with Crippen LogP contribution in [-0.2, 0) is 19.2 Å². The lowest BCUT2D eigenvalue weighted by Crippen LogP contribution is -2.75. The fraction of sp³-hybridized carbons (Fsp3) is 0.526. The van der Waals surface area contributed by atoms with Crippen LogP contribution in [0.1, 0.15) is 18.5 Å². The number of β-lactam (4-membered cyclic amide) rings is 1. The number of likely N-dealkylation sites (N-methyl/N-ethyl adjacent to an activating group) is 1. The van der Waals surface area contributed by atoms with Gasteiger partial charge in [-0.15, -0.1) is 23.1 Å². The number of nitrogens with two attached hydrogens (primary N) is 1. The van der Waals surface area contributed by atoms with E-state index in [9.17, 15) is 19.5 Å². The van der Waals surface area contributed by atoms with Gasteiger partial charge in [-0.2, -0.15) is 0 Å². The maximum atomic E-state index is 12.9. The predicted molar refractivity (Wildman–Crippen MR) is 117 cm³/mol. The van der Waals surface area contributed by atoms with Crippen molar-refractivity contribution < 1.29 is 28.8 Å². The Bertz CT molecular complexity index is 1000. The van der Waals surface area contributed by atoms with Crippen molar-refractivity contribution in [3.8, 4) is 0 Å². The number of thiazole rings is 1. The summed E-state index contributed by atoms with van der Waals surface area (Å²) in [7, 11) is 3.39. The van der Waals surface area contributed by atoms with Crippen molar-refractivity contribution in [1.82, 2.24) is 15.2 Å². The van der Waals surface area contributed by atoms with E-state index < -0.39 is 35.2 Å². The molecule has 0 radical (unpaired) electrons. The third-order valence-electron chi connectivity index (χ3n) is 5.95. The zero-order valence-corrected chi connectivity index (χ0v) is 19.3. The molecule has 0 saturated carbocycles. The molecule has 3 aliphatic heterocycles. The minimum atomic E-state index is -1.31. The SMILES string of the molecule is CON=C(C(=O)NC1C(=O)N2C(C(=O)[O-])C(C[N+]3(C)CCCC3)=CSC12)c1csc(N)n1. The molecular weight excluding hydrogens is 456 g/mol. The van der Waals surface area contributed by atoms with Gasteiger partial charge >= 0.3 is 0 Å². The molecule has 0 aliphatic carbocycles. The number of aromatic nitrogens is 1. The number of quaternary nitrogens is 1. The van der Waals surface area contributed by atoms with Crippen LogP contribution in [0.4, 0.5) is 5.13 Å². The first-order valence-electron chi connectivity index (χ1n) is 10.1. The van der Waals surface area contributed by atoms with Gasteiger partial charge in [-0.3, -0.25) is 9.59 Å². The molecule has 3 aliphatic rings. The van der Waals surface area contributed by atoms with Gasteiger partial charge in [-0.25, -0.2) is 4.98 Å². The number of nitrogens with one attached hydrogen (secondary N) is 1. The number of carbonyl (C=O) groups is 3. The third kappa shape index (κ3) is 4.07. The second-order valence-corrected chi connectivity index (χ2v) is 10.1. The molecule has 1 aromatic heterocycles. The molecule has 172 valence electrons. The van der Waals surface area contributed by atoms with Crippen LogP contribution in [0.5, 0.6) is 0 Å². The number of hydrogen-bond donors (Lipinski definition) is 2. The number of amides is 2. The molecular formula is C19H24N6O5S2. The van der Waals surface area contributed by atoms with Gasteiger partial charge in [0.25, 0.3) is 5.91 Å². The smallest absolute Gasteiger partial charge is 0.276 e. The fourth-order valence-corrected chi connectivity index (χ4v) is 6.19. The molecule has 3 unspecified atom stereocenters. The summed E-state index contributed by atoms with van der Waals surface area (Å²) in [5, 5.41) is 21.4. The molecule has 4 heterocycles. The van der Waals surface area contributed by atoms with E-state index in [-0.39, 0.29) is 16.5 Å². The van der Waals surface area contributed by atoms with Crippen LogP contribution in [0, 0.1) is 0 Å². The first-order valence-corrected chi connectivity index (χ1v) is 11.9. The Balaban J connectivity index is 1.51. The minimum absolute atomic E-state index is 0.119. The van der Waals surface area contributed by atoms with E-state index in [0.717, 1.165) is 41.8 Å². The molecule has 2 saturated heterocycles. The van der Waals surface area contributed by atoms with Crippen molar-refractivity contribution >= 4 is 51.7 Å². The normalized spacial score (nSPS) is 26.8. The number of likely N-dealkylation sites (tertiary alicyclic amines) is 1. The highest BCUT2D eigenvalue weighted by Gasteiger charge is 2.55. The van der Waals surface area contributed by atoms with Crippen molar-refractivity contribution in [2.24, 2.45) is 5.16 Å². The van der Waals surface area contributed by atoms with Crippen LogP contribution in [0.3, 0.4) is 0 Å². The second kappa shape index (κ2) is 8.71. The van der Waals surface area contributed by atoms with Gasteiger partial charge in [0.2, 0.25) is 5.91 Å². The number of carboxylic acids is 1. The lowest BCUT2D eigenvalue weighted by Gasteiger charge is -2.53. The molecule has 3 atom stereocenters. The summed E-state index contributed by atoms with van der Waals surface area (Å²) in [5.41, 5.74) is 6.40. The van der Waals surface area contributed by atoms with Gasteiger partial charge in [-0.1, -0.05) is 5.16 Å². The highest BCUT2D eigenvalue weighted by Crippen LogP contribution is 2.40. The number of thioether (sulfide) groups is 1. The summed E-state index contributed by atoms with van der Waals surface area (Å²) in [5.74, 6) is -2.45. The van der Waals surface area contributed by atoms with E-state index in [1.807, 2.05) is 0 Å². The van der Waals surface area contributed by atoms with E-state index in [1.165, 1.54) is 23.8 Å². The molecule has 11 nitrogen and oxygen atoms in total. The Kier molecular flexibility index (Phi) is 6.14. The van der Waals surface area contributed by atoms with Gasteiger partial charge in [0.15, 0.2) is 10.8 Å². The van der Waals surface area contributed by atoms with E-state index >= 15 is 0 Å². The van der Waals surface area contributed by atoms with Crippen molar-refractivity contribution in [3.05, 3.63) is 22.1 Å². The Morgan fingerprint density at radius 1 is 1.44 bits per heavy atom. The molecule has 2 fully saturated rings. The Morgan fingerprint density at radius 2 is 2.16 bits per heavy atom. The number of carboxylic acid groups (broad SMARTS) is 1. The standard InChI is InChI=1S/C19H24N6O5S2/c1-25(5-3-4-6-25)7-10-8-31-17-13(16(27)24(17)14(10)18(28)29)22-15(26)12(23-30-2)11-9-32-19(20)21-11/h8-9,13-14,17H,3-7H2,1-2H3,(H3-,20,21,22,26,28,29). The van der Waals surface area contributed by atoms with Gasteiger partial charge in [-0.05, 0) is 5.41 Å². The van der Waals surface area contributed by atoms with E-state index in [2.05, 4.69) is 22.5 Å². The molecule has 0 bridgehead atoms. The molecule has 0 spiro atoms. The van der Waals surface area contributed by atoms with Crippen LogP contribution in [0.2, 0.25) is 0 Å². The van der Waals surface area contributed by atoms with Crippen LogP contribution in [0.15, 0.2) is 21.5 Å². The molecule has 4 rings (SSSR count). The fourth-order valence-electron chi connectivity index (χ4n) is 4.43. The number of hydrogen-bond acceptors (Lipinski definition) is 10. The topological polar surface area (TPSA) is 150 Å². The van der Waals surface area contributed by atoms with Crippen LogP contribution < -0.4 is 16.2 Å². The highest BCUT2D eigenvalue weighted by molar-refractivity contribution is 8.03. The summed E-state index contributed by atoms with van der Waals surface area (Å²) in [6, 6.07) is -2.04. The van der Waals surface area contributed by atoms with Gasteiger partial charge in [0.05, 0.1) is 26.1 Å². The monoisotopic (exact) mass is 480 g/mol. The number of fused-ring (bicyclic) bond motifs is 1. The second-order valence-electron chi connectivity index (χ2n) is 8.26. The quantitative estimate of drug-likeness (QED) is 0.212. The number of nitrogen functional groups attached to an aromatic ring is 1. The summed E-state index contributed by atoms with van der Waals surface area (Å²) in [4.78, 5) is 47.7. The number of oxime groups is 1. The van der Waals surface area contributed by atoms with Crippen LogP contribution in [0.25, 0.3) is 0 Å². The first-order chi connectivity index (χ1) is 15.2. The molecule has 1 aromatic rings.